The molecule has 1 fully saturated rings. The number of carbonyl (C=O) groups excluding carboxylic acids is 1. The molecule has 1 aliphatic heterocycles. The molecule has 0 aromatic carbocycles. The summed E-state index contributed by atoms with van der Waals surface area (Å²) in [5, 5.41) is 3.04. The van der Waals surface area contributed by atoms with Crippen molar-refractivity contribution in [2.45, 2.75) is 38.9 Å². The number of amides is 1. The molecular formula is C17H26ClF3N4O+2. The van der Waals surface area contributed by atoms with Crippen LogP contribution in [0.3, 0.4) is 0 Å². The molecule has 0 spiro atoms. The average Bonchev–Trinajstić information content (AvgIpc) is 2.55. The molecule has 0 saturated carbocycles. The van der Waals surface area contributed by atoms with E-state index in [9.17, 15) is 18.0 Å². The van der Waals surface area contributed by atoms with Gasteiger partial charge in [-0.15, -0.1) is 0 Å². The smallest absolute Gasteiger partial charge is 0.349 e. The van der Waals surface area contributed by atoms with Gasteiger partial charge in [0.1, 0.15) is 37.4 Å². The van der Waals surface area contributed by atoms with Gasteiger partial charge in [0.25, 0.3) is 11.7 Å². The predicted molar refractivity (Wildman–Crippen MR) is 93.3 cm³/mol. The van der Waals surface area contributed by atoms with Crippen LogP contribution in [0.15, 0.2) is 12.3 Å². The van der Waals surface area contributed by atoms with Crippen LogP contribution in [0.5, 0.6) is 0 Å². The summed E-state index contributed by atoms with van der Waals surface area (Å²) in [4.78, 5) is 17.8. The van der Waals surface area contributed by atoms with Crippen molar-refractivity contribution < 1.29 is 27.8 Å². The van der Waals surface area contributed by atoms with E-state index in [0.717, 1.165) is 43.1 Å². The maximum absolute atomic E-state index is 12.7. The van der Waals surface area contributed by atoms with E-state index in [0.29, 0.717) is 25.5 Å². The Morgan fingerprint density at radius 1 is 1.42 bits per heavy atom. The van der Waals surface area contributed by atoms with Gasteiger partial charge in [-0.2, -0.15) is 13.2 Å². The molecular weight excluding hydrogens is 369 g/mol. The first-order valence-corrected chi connectivity index (χ1v) is 9.24. The van der Waals surface area contributed by atoms with E-state index in [4.69, 9.17) is 11.6 Å². The second-order valence-corrected chi connectivity index (χ2v) is 7.16. The molecule has 9 heteroatoms. The first-order chi connectivity index (χ1) is 12.2. The number of aromatic amines is 1. The number of pyridine rings is 1. The summed E-state index contributed by atoms with van der Waals surface area (Å²) in [7, 11) is 0. The van der Waals surface area contributed by atoms with Crippen molar-refractivity contribution in [3.8, 4) is 0 Å². The van der Waals surface area contributed by atoms with E-state index in [-0.39, 0.29) is 17.0 Å². The number of rotatable bonds is 6. The lowest BCUT2D eigenvalue weighted by Crippen LogP contribution is -3.16. The van der Waals surface area contributed by atoms with Gasteiger partial charge in [0.15, 0.2) is 6.54 Å². The van der Waals surface area contributed by atoms with Gasteiger partial charge in [-0.05, 0) is 19.4 Å². The molecule has 1 atom stereocenters. The van der Waals surface area contributed by atoms with Gasteiger partial charge < -0.3 is 10.2 Å². The minimum Gasteiger partial charge on any atom is -0.349 e. The molecule has 2 heterocycles. The second-order valence-electron chi connectivity index (χ2n) is 6.75. The molecule has 2 rings (SSSR count). The summed E-state index contributed by atoms with van der Waals surface area (Å²) < 4.78 is 38.2. The summed E-state index contributed by atoms with van der Waals surface area (Å²) in [6.07, 6.45) is -1.51. The number of H-pyrrole nitrogens is 1. The Kier molecular flexibility index (Phi) is 7.11. The topological polar surface area (TPSA) is 50.9 Å². The largest absolute Gasteiger partial charge is 0.419 e. The predicted octanol–water partition coefficient (Wildman–Crippen LogP) is 1.18. The quantitative estimate of drug-likeness (QED) is 0.761. The van der Waals surface area contributed by atoms with Crippen molar-refractivity contribution in [2.24, 2.45) is 0 Å². The molecule has 0 unspecified atom stereocenters. The Hall–Kier alpha value is -1.54. The highest BCUT2D eigenvalue weighted by Crippen LogP contribution is 2.31. The van der Waals surface area contributed by atoms with Crippen molar-refractivity contribution >= 4 is 23.3 Å². The van der Waals surface area contributed by atoms with Crippen LogP contribution in [0.2, 0.25) is 5.02 Å². The van der Waals surface area contributed by atoms with E-state index >= 15 is 0 Å². The lowest BCUT2D eigenvalue weighted by molar-refractivity contribution is -0.892. The minimum atomic E-state index is -4.43. The van der Waals surface area contributed by atoms with E-state index in [2.05, 4.69) is 17.2 Å². The van der Waals surface area contributed by atoms with Crippen LogP contribution in [-0.2, 0) is 11.0 Å². The van der Waals surface area contributed by atoms with Crippen LogP contribution in [0, 0.1) is 0 Å². The van der Waals surface area contributed by atoms with Crippen LogP contribution >= 0.6 is 11.6 Å². The molecule has 26 heavy (non-hydrogen) atoms. The number of anilines is 1. The Morgan fingerprint density at radius 3 is 2.62 bits per heavy atom. The van der Waals surface area contributed by atoms with Crippen molar-refractivity contribution in [3.63, 3.8) is 0 Å². The fourth-order valence-corrected chi connectivity index (χ4v) is 3.44. The molecule has 146 valence electrons. The van der Waals surface area contributed by atoms with Gasteiger partial charge in [0, 0.05) is 6.04 Å². The molecule has 1 amide bonds. The zero-order chi connectivity index (χ0) is 19.3. The number of piperazine rings is 1. The number of aromatic nitrogens is 1. The van der Waals surface area contributed by atoms with Crippen LogP contribution in [0.1, 0.15) is 32.3 Å². The summed E-state index contributed by atoms with van der Waals surface area (Å²) >= 11 is 6.03. The summed E-state index contributed by atoms with van der Waals surface area (Å²) in [6, 6.07) is 1.11. The zero-order valence-electron chi connectivity index (χ0n) is 15.0. The monoisotopic (exact) mass is 394 g/mol. The highest BCUT2D eigenvalue weighted by molar-refractivity contribution is 6.32. The molecule has 3 N–H and O–H groups in total. The normalized spacial score (nSPS) is 17.2. The molecule has 1 saturated heterocycles. The standard InChI is InChI=1S/C17H24ClF3N4O/c1-3-4-12(2)23-15(26)11-24-5-7-25(8-6-24)16-14(18)9-13(10-22-16)17(19,20)21/h9-10,12H,3-8,11H2,1-2H3,(H,23,26)/p+2/t12-/m1/s1. The van der Waals surface area contributed by atoms with Crippen LogP contribution < -0.4 is 20.1 Å². The SMILES string of the molecule is CCC[C@@H](C)NC(=O)C[NH+]1CCN(c2[nH+]cc(C(F)(F)F)cc2Cl)CC1. The molecule has 0 bridgehead atoms. The van der Waals surface area contributed by atoms with E-state index in [1.165, 1.54) is 0 Å². The molecule has 1 aliphatic rings. The molecule has 0 radical (unpaired) electrons. The fraction of sp³-hybridized carbons (Fsp3) is 0.647. The number of hydrogen-bond acceptors (Lipinski definition) is 2. The van der Waals surface area contributed by atoms with Crippen molar-refractivity contribution in [1.82, 2.24) is 5.32 Å². The van der Waals surface area contributed by atoms with Crippen molar-refractivity contribution in [2.75, 3.05) is 37.6 Å². The van der Waals surface area contributed by atoms with E-state index < -0.39 is 11.7 Å². The number of quaternary nitrogens is 1. The first-order valence-electron chi connectivity index (χ1n) is 8.87. The maximum atomic E-state index is 12.7. The van der Waals surface area contributed by atoms with Gasteiger partial charge >= 0.3 is 6.18 Å². The lowest BCUT2D eigenvalue weighted by atomic mass is 10.2. The van der Waals surface area contributed by atoms with Crippen LogP contribution in [-0.4, -0.2) is 44.7 Å². The molecule has 0 aliphatic carbocycles. The molecule has 5 nitrogen and oxygen atoms in total. The third kappa shape index (κ3) is 5.74. The van der Waals surface area contributed by atoms with Crippen molar-refractivity contribution in [3.05, 3.63) is 22.8 Å². The summed E-state index contributed by atoms with van der Waals surface area (Å²) in [6.45, 7) is 7.17. The third-order valence-corrected chi connectivity index (χ3v) is 4.81. The van der Waals surface area contributed by atoms with Gasteiger partial charge in [0.2, 0.25) is 0 Å². The van der Waals surface area contributed by atoms with E-state index in [1.807, 2.05) is 11.8 Å². The second kappa shape index (κ2) is 8.90. The summed E-state index contributed by atoms with van der Waals surface area (Å²) in [5.74, 6) is 0.522. The number of nitrogens with zero attached hydrogens (tertiary/aromatic N) is 1. The van der Waals surface area contributed by atoms with E-state index in [1.54, 1.807) is 0 Å². The van der Waals surface area contributed by atoms with Gasteiger partial charge in [-0.25, -0.2) is 9.88 Å². The fourth-order valence-electron chi connectivity index (χ4n) is 3.15. The Balaban J connectivity index is 1.87. The minimum absolute atomic E-state index is 0.0357. The Bertz CT molecular complexity index is 619. The lowest BCUT2D eigenvalue weighted by Gasteiger charge is -2.28. The van der Waals surface area contributed by atoms with Gasteiger partial charge in [0.05, 0.1) is 5.56 Å². The number of nitrogens with one attached hydrogen (secondary N) is 3. The van der Waals surface area contributed by atoms with Crippen LogP contribution in [0.4, 0.5) is 19.0 Å². The number of hydrogen-bond donors (Lipinski definition) is 2. The maximum Gasteiger partial charge on any atom is 0.419 e. The Labute approximate surface area is 156 Å². The third-order valence-electron chi connectivity index (χ3n) is 4.53. The molecule has 1 aromatic heterocycles. The first kappa shape index (κ1) is 20.8. The van der Waals surface area contributed by atoms with Gasteiger partial charge in [-0.3, -0.25) is 4.79 Å². The molecule has 1 aromatic rings. The van der Waals surface area contributed by atoms with Crippen LogP contribution in [0.25, 0.3) is 0 Å². The average molecular weight is 395 g/mol. The number of alkyl halides is 3. The van der Waals surface area contributed by atoms with Gasteiger partial charge in [-0.1, -0.05) is 24.9 Å². The zero-order valence-corrected chi connectivity index (χ0v) is 15.8. The highest BCUT2D eigenvalue weighted by Gasteiger charge is 2.35. The van der Waals surface area contributed by atoms with Crippen molar-refractivity contribution in [1.29, 1.82) is 0 Å². The number of halogens is 4. The Morgan fingerprint density at radius 2 is 2.08 bits per heavy atom. The number of carbonyl (C=O) groups is 1. The summed E-state index contributed by atoms with van der Waals surface area (Å²) in [5.41, 5.74) is -0.798. The highest BCUT2D eigenvalue weighted by atomic mass is 35.5.